The molecule has 0 saturated heterocycles. The Kier molecular flexibility index (Phi) is 4.30. The van der Waals surface area contributed by atoms with E-state index in [1.807, 2.05) is 6.20 Å². The molecule has 1 atom stereocenters. The van der Waals surface area contributed by atoms with Crippen molar-refractivity contribution in [2.45, 2.75) is 40.3 Å². The second-order valence-electron chi connectivity index (χ2n) is 4.78. The first-order valence-corrected chi connectivity index (χ1v) is 5.85. The molecule has 90 valence electrons. The molecule has 3 nitrogen and oxygen atoms in total. The Labute approximate surface area is 98.7 Å². The predicted octanol–water partition coefficient (Wildman–Crippen LogP) is 2.33. The number of anilines is 1. The van der Waals surface area contributed by atoms with Crippen LogP contribution in [0.2, 0.25) is 0 Å². The van der Waals surface area contributed by atoms with Gasteiger partial charge in [0, 0.05) is 25.8 Å². The molecule has 3 heteroatoms. The summed E-state index contributed by atoms with van der Waals surface area (Å²) in [4.78, 5) is 6.73. The normalized spacial score (nSPS) is 12.9. The van der Waals surface area contributed by atoms with Crippen molar-refractivity contribution in [3.8, 4) is 0 Å². The van der Waals surface area contributed by atoms with Crippen molar-refractivity contribution in [3.05, 3.63) is 23.4 Å². The van der Waals surface area contributed by atoms with Crippen molar-refractivity contribution in [1.82, 2.24) is 4.98 Å². The van der Waals surface area contributed by atoms with Gasteiger partial charge in [0.25, 0.3) is 0 Å². The molecular weight excluding hydrogens is 198 g/mol. The van der Waals surface area contributed by atoms with Gasteiger partial charge in [0.2, 0.25) is 0 Å². The van der Waals surface area contributed by atoms with Crippen LogP contribution in [0.3, 0.4) is 0 Å². The lowest BCUT2D eigenvalue weighted by Gasteiger charge is -2.30. The highest BCUT2D eigenvalue weighted by molar-refractivity contribution is 5.47. The number of rotatable bonds is 4. The van der Waals surface area contributed by atoms with Crippen LogP contribution in [-0.4, -0.2) is 18.1 Å². The Morgan fingerprint density at radius 2 is 2.00 bits per heavy atom. The minimum Gasteiger partial charge on any atom is -0.357 e. The van der Waals surface area contributed by atoms with E-state index >= 15 is 0 Å². The van der Waals surface area contributed by atoms with Crippen molar-refractivity contribution in [3.63, 3.8) is 0 Å². The zero-order valence-corrected chi connectivity index (χ0v) is 11.0. The van der Waals surface area contributed by atoms with Crippen LogP contribution in [0.1, 0.15) is 31.9 Å². The molecule has 0 amide bonds. The standard InChI is InChI=1S/C13H23N3/c1-9(2)11(4)16(5)13-10(3)6-12(7-14)8-15-13/h6,8-9,11H,7,14H2,1-5H3. The van der Waals surface area contributed by atoms with Crippen molar-refractivity contribution < 1.29 is 0 Å². The SMILES string of the molecule is Cc1cc(CN)cnc1N(C)C(C)C(C)C. The third-order valence-corrected chi connectivity index (χ3v) is 3.25. The average molecular weight is 221 g/mol. The van der Waals surface area contributed by atoms with Crippen LogP contribution in [0.15, 0.2) is 12.3 Å². The highest BCUT2D eigenvalue weighted by atomic mass is 15.2. The summed E-state index contributed by atoms with van der Waals surface area (Å²) in [5.41, 5.74) is 7.88. The third kappa shape index (κ3) is 2.73. The number of nitrogens with two attached hydrogens (primary N) is 1. The molecule has 1 aromatic heterocycles. The number of hydrogen-bond donors (Lipinski definition) is 1. The van der Waals surface area contributed by atoms with Gasteiger partial charge < -0.3 is 10.6 Å². The van der Waals surface area contributed by atoms with Gasteiger partial charge in [0.15, 0.2) is 0 Å². The molecule has 2 N–H and O–H groups in total. The van der Waals surface area contributed by atoms with Gasteiger partial charge in [0.1, 0.15) is 5.82 Å². The minimum absolute atomic E-state index is 0.481. The molecule has 1 rings (SSSR count). The summed E-state index contributed by atoms with van der Waals surface area (Å²) in [5, 5.41) is 0. The van der Waals surface area contributed by atoms with Crippen LogP contribution >= 0.6 is 0 Å². The monoisotopic (exact) mass is 221 g/mol. The quantitative estimate of drug-likeness (QED) is 0.848. The molecule has 0 bridgehead atoms. The fourth-order valence-electron chi connectivity index (χ4n) is 1.75. The number of pyridine rings is 1. The van der Waals surface area contributed by atoms with E-state index in [4.69, 9.17) is 5.73 Å². The lowest BCUT2D eigenvalue weighted by molar-refractivity contribution is 0.502. The van der Waals surface area contributed by atoms with E-state index in [0.29, 0.717) is 18.5 Å². The molecule has 0 aliphatic carbocycles. The molecule has 1 aromatic rings. The Morgan fingerprint density at radius 3 is 2.44 bits per heavy atom. The van der Waals surface area contributed by atoms with Crippen LogP contribution in [0.5, 0.6) is 0 Å². The van der Waals surface area contributed by atoms with Gasteiger partial charge >= 0.3 is 0 Å². The zero-order valence-electron chi connectivity index (χ0n) is 11.0. The van der Waals surface area contributed by atoms with Crippen LogP contribution in [0.25, 0.3) is 0 Å². The first-order chi connectivity index (χ1) is 7.47. The van der Waals surface area contributed by atoms with E-state index in [-0.39, 0.29) is 0 Å². The van der Waals surface area contributed by atoms with Gasteiger partial charge in [-0.15, -0.1) is 0 Å². The van der Waals surface area contributed by atoms with Gasteiger partial charge in [-0.2, -0.15) is 0 Å². The van der Waals surface area contributed by atoms with Crippen molar-refractivity contribution in [1.29, 1.82) is 0 Å². The van der Waals surface area contributed by atoms with Crippen molar-refractivity contribution in [2.75, 3.05) is 11.9 Å². The van der Waals surface area contributed by atoms with Crippen molar-refractivity contribution in [2.24, 2.45) is 11.7 Å². The largest absolute Gasteiger partial charge is 0.357 e. The average Bonchev–Trinajstić information content (AvgIpc) is 2.26. The van der Waals surface area contributed by atoms with Gasteiger partial charge in [-0.05, 0) is 37.0 Å². The summed E-state index contributed by atoms with van der Waals surface area (Å²) in [6.45, 7) is 9.32. The highest BCUT2D eigenvalue weighted by Crippen LogP contribution is 2.21. The number of aromatic nitrogens is 1. The lowest BCUT2D eigenvalue weighted by atomic mass is 10.0. The van der Waals surface area contributed by atoms with Gasteiger partial charge in [-0.3, -0.25) is 0 Å². The van der Waals surface area contributed by atoms with Crippen molar-refractivity contribution >= 4 is 5.82 Å². The minimum atomic E-state index is 0.481. The summed E-state index contributed by atoms with van der Waals surface area (Å²) < 4.78 is 0. The second-order valence-corrected chi connectivity index (χ2v) is 4.78. The molecule has 0 aliphatic heterocycles. The maximum Gasteiger partial charge on any atom is 0.131 e. The summed E-state index contributed by atoms with van der Waals surface area (Å²) >= 11 is 0. The molecule has 16 heavy (non-hydrogen) atoms. The smallest absolute Gasteiger partial charge is 0.131 e. The molecule has 0 radical (unpaired) electrons. The predicted molar refractivity (Wildman–Crippen MR) is 69.6 cm³/mol. The summed E-state index contributed by atoms with van der Waals surface area (Å²) in [5.74, 6) is 1.67. The molecule has 1 heterocycles. The van der Waals surface area contributed by atoms with Crippen LogP contribution in [0.4, 0.5) is 5.82 Å². The highest BCUT2D eigenvalue weighted by Gasteiger charge is 2.16. The molecule has 0 saturated carbocycles. The maximum atomic E-state index is 5.60. The number of hydrogen-bond acceptors (Lipinski definition) is 3. The zero-order chi connectivity index (χ0) is 12.3. The van der Waals surface area contributed by atoms with E-state index in [9.17, 15) is 0 Å². The Bertz CT molecular complexity index is 347. The fraction of sp³-hybridized carbons (Fsp3) is 0.615. The van der Waals surface area contributed by atoms with Gasteiger partial charge in [0.05, 0.1) is 0 Å². The Hall–Kier alpha value is -1.09. The molecule has 0 aromatic carbocycles. The first kappa shape index (κ1) is 13.0. The second kappa shape index (κ2) is 5.30. The first-order valence-electron chi connectivity index (χ1n) is 5.85. The molecule has 0 fully saturated rings. The van der Waals surface area contributed by atoms with Gasteiger partial charge in [-0.1, -0.05) is 13.8 Å². The third-order valence-electron chi connectivity index (χ3n) is 3.25. The Morgan fingerprint density at radius 1 is 1.38 bits per heavy atom. The van der Waals surface area contributed by atoms with E-state index < -0.39 is 0 Å². The fourth-order valence-corrected chi connectivity index (χ4v) is 1.75. The molecule has 0 aliphatic rings. The lowest BCUT2D eigenvalue weighted by Crippen LogP contribution is -2.34. The van der Waals surface area contributed by atoms with E-state index in [0.717, 1.165) is 11.4 Å². The maximum absolute atomic E-state index is 5.60. The molecule has 1 unspecified atom stereocenters. The van der Waals surface area contributed by atoms with Crippen LogP contribution in [0, 0.1) is 12.8 Å². The Balaban J connectivity index is 2.96. The molecular formula is C13H23N3. The van der Waals surface area contributed by atoms with Crippen LogP contribution in [-0.2, 0) is 6.54 Å². The summed E-state index contributed by atoms with van der Waals surface area (Å²) in [6.07, 6.45) is 1.87. The van der Waals surface area contributed by atoms with Crippen LogP contribution < -0.4 is 10.6 Å². The van der Waals surface area contributed by atoms with Gasteiger partial charge in [-0.25, -0.2) is 4.98 Å². The summed E-state index contributed by atoms with van der Waals surface area (Å²) in [7, 11) is 2.10. The molecule has 0 spiro atoms. The number of aryl methyl sites for hydroxylation is 1. The number of nitrogens with zero attached hydrogens (tertiary/aromatic N) is 2. The topological polar surface area (TPSA) is 42.1 Å². The summed E-state index contributed by atoms with van der Waals surface area (Å²) in [6, 6.07) is 2.60. The van der Waals surface area contributed by atoms with E-state index in [1.165, 1.54) is 5.56 Å². The van der Waals surface area contributed by atoms with E-state index in [2.05, 4.69) is 50.7 Å². The van der Waals surface area contributed by atoms with E-state index in [1.54, 1.807) is 0 Å².